The summed E-state index contributed by atoms with van der Waals surface area (Å²) in [6.07, 6.45) is 4.63. The Morgan fingerprint density at radius 3 is 2.53 bits per heavy atom. The van der Waals surface area contributed by atoms with E-state index < -0.39 is 0 Å². The molecule has 2 aromatic heterocycles. The summed E-state index contributed by atoms with van der Waals surface area (Å²) in [5.74, 6) is 0.260. The SMILES string of the molecule is CCCCc1nc(O)c(Cc2ccc(-n3cc(Cl)ccc3=O)cc2)c(=O)n1C(CC)c1cccc(C#N)c1. The lowest BCUT2D eigenvalue weighted by atomic mass is 10.0. The summed E-state index contributed by atoms with van der Waals surface area (Å²) in [7, 11) is 0. The maximum atomic E-state index is 13.9. The molecule has 0 fully saturated rings. The van der Waals surface area contributed by atoms with Crippen molar-refractivity contribution in [1.29, 1.82) is 5.26 Å². The molecule has 0 bridgehead atoms. The summed E-state index contributed by atoms with van der Waals surface area (Å²) in [6, 6.07) is 19.2. The minimum absolute atomic E-state index is 0.172. The minimum Gasteiger partial charge on any atom is -0.493 e. The lowest BCUT2D eigenvalue weighted by molar-refractivity contribution is 0.420. The fourth-order valence-electron chi connectivity index (χ4n) is 4.61. The van der Waals surface area contributed by atoms with Crippen molar-refractivity contribution in [3.63, 3.8) is 0 Å². The third kappa shape index (κ3) is 5.71. The third-order valence-electron chi connectivity index (χ3n) is 6.58. The molecule has 194 valence electrons. The standard InChI is InChI=1S/C30H29ClN4O3/c1-3-5-9-27-33-29(37)25(30(38)35(27)26(4-2)22-8-6-7-21(16-22)18-32)17-20-10-13-24(14-11-20)34-19-23(31)12-15-28(34)36/h6-8,10-16,19,26,37H,3-5,9,17H2,1-2H3. The van der Waals surface area contributed by atoms with E-state index >= 15 is 0 Å². The van der Waals surface area contributed by atoms with Gasteiger partial charge in [-0.15, -0.1) is 0 Å². The normalized spacial score (nSPS) is 11.7. The molecule has 0 aliphatic heterocycles. The average molecular weight is 529 g/mol. The molecule has 1 unspecified atom stereocenters. The number of hydrogen-bond acceptors (Lipinski definition) is 5. The predicted octanol–water partition coefficient (Wildman–Crippen LogP) is 5.56. The Hall–Kier alpha value is -4.15. The van der Waals surface area contributed by atoms with Crippen LogP contribution in [0.25, 0.3) is 5.69 Å². The maximum Gasteiger partial charge on any atom is 0.261 e. The van der Waals surface area contributed by atoms with Gasteiger partial charge >= 0.3 is 0 Å². The number of unbranched alkanes of at least 4 members (excludes halogenated alkanes) is 1. The number of rotatable bonds is 9. The van der Waals surface area contributed by atoms with E-state index in [1.807, 2.05) is 31.2 Å². The quantitative estimate of drug-likeness (QED) is 0.306. The molecule has 4 rings (SSSR count). The van der Waals surface area contributed by atoms with Crippen LogP contribution < -0.4 is 11.1 Å². The number of aromatic hydroxyl groups is 1. The number of halogens is 1. The Morgan fingerprint density at radius 2 is 1.84 bits per heavy atom. The molecule has 0 radical (unpaired) electrons. The number of nitriles is 1. The second-order valence-corrected chi connectivity index (χ2v) is 9.61. The molecular formula is C30H29ClN4O3. The monoisotopic (exact) mass is 528 g/mol. The zero-order chi connectivity index (χ0) is 27.2. The Morgan fingerprint density at radius 1 is 1.08 bits per heavy atom. The number of hydrogen-bond donors (Lipinski definition) is 1. The van der Waals surface area contributed by atoms with Crippen molar-refractivity contribution in [1.82, 2.24) is 14.1 Å². The smallest absolute Gasteiger partial charge is 0.261 e. The molecular weight excluding hydrogens is 500 g/mol. The molecule has 0 saturated carbocycles. The Balaban J connectivity index is 1.76. The molecule has 1 atom stereocenters. The van der Waals surface area contributed by atoms with E-state index in [0.717, 1.165) is 24.0 Å². The van der Waals surface area contributed by atoms with Gasteiger partial charge in [0.05, 0.1) is 28.3 Å². The molecule has 1 N–H and O–H groups in total. The summed E-state index contributed by atoms with van der Waals surface area (Å²) in [5.41, 5.74) is 2.49. The second kappa shape index (κ2) is 11.9. The minimum atomic E-state index is -0.327. The number of benzene rings is 2. The van der Waals surface area contributed by atoms with Crippen molar-refractivity contribution in [3.05, 3.63) is 121 Å². The summed E-state index contributed by atoms with van der Waals surface area (Å²) in [4.78, 5) is 30.6. The van der Waals surface area contributed by atoms with Gasteiger partial charge in [-0.2, -0.15) is 10.2 Å². The first-order valence-electron chi connectivity index (χ1n) is 12.7. The van der Waals surface area contributed by atoms with Crippen LogP contribution in [-0.4, -0.2) is 19.2 Å². The van der Waals surface area contributed by atoms with Crippen molar-refractivity contribution < 1.29 is 5.11 Å². The Kier molecular flexibility index (Phi) is 8.45. The fraction of sp³-hybridized carbons (Fsp3) is 0.267. The number of aryl methyl sites for hydroxylation is 1. The van der Waals surface area contributed by atoms with Crippen LogP contribution in [-0.2, 0) is 12.8 Å². The van der Waals surface area contributed by atoms with E-state index in [9.17, 15) is 20.0 Å². The second-order valence-electron chi connectivity index (χ2n) is 9.17. The first kappa shape index (κ1) is 26.9. The van der Waals surface area contributed by atoms with Gasteiger partial charge in [0, 0.05) is 30.8 Å². The Labute approximate surface area is 226 Å². The first-order chi connectivity index (χ1) is 18.4. The highest BCUT2D eigenvalue weighted by Crippen LogP contribution is 2.26. The predicted molar refractivity (Wildman–Crippen MR) is 148 cm³/mol. The van der Waals surface area contributed by atoms with Crippen molar-refractivity contribution in [2.24, 2.45) is 0 Å². The van der Waals surface area contributed by atoms with Crippen molar-refractivity contribution in [3.8, 4) is 17.6 Å². The van der Waals surface area contributed by atoms with Crippen LogP contribution in [0.5, 0.6) is 5.88 Å². The van der Waals surface area contributed by atoms with Gasteiger partial charge in [0.1, 0.15) is 5.82 Å². The molecule has 2 aromatic carbocycles. The lowest BCUT2D eigenvalue weighted by Crippen LogP contribution is -2.32. The molecule has 7 nitrogen and oxygen atoms in total. The lowest BCUT2D eigenvalue weighted by Gasteiger charge is -2.23. The average Bonchev–Trinajstić information content (AvgIpc) is 2.93. The zero-order valence-corrected chi connectivity index (χ0v) is 22.2. The third-order valence-corrected chi connectivity index (χ3v) is 6.81. The van der Waals surface area contributed by atoms with Crippen LogP contribution in [0, 0.1) is 11.3 Å². The summed E-state index contributed by atoms with van der Waals surface area (Å²) in [5, 5.41) is 20.7. The molecule has 4 aromatic rings. The molecule has 0 saturated heterocycles. The van der Waals surface area contributed by atoms with Crippen molar-refractivity contribution in [2.75, 3.05) is 0 Å². The highest BCUT2D eigenvalue weighted by atomic mass is 35.5. The number of pyridine rings is 1. The van der Waals surface area contributed by atoms with Gasteiger partial charge in [-0.25, -0.2) is 0 Å². The highest BCUT2D eigenvalue weighted by Gasteiger charge is 2.23. The van der Waals surface area contributed by atoms with E-state index in [1.54, 1.807) is 41.1 Å². The van der Waals surface area contributed by atoms with Crippen molar-refractivity contribution >= 4 is 11.6 Å². The molecule has 2 heterocycles. The molecule has 0 spiro atoms. The van der Waals surface area contributed by atoms with Gasteiger partial charge in [0.2, 0.25) is 5.88 Å². The van der Waals surface area contributed by atoms with Gasteiger partial charge in [-0.3, -0.25) is 18.7 Å². The highest BCUT2D eigenvalue weighted by molar-refractivity contribution is 6.30. The van der Waals surface area contributed by atoms with Crippen LogP contribution in [0.3, 0.4) is 0 Å². The van der Waals surface area contributed by atoms with Gasteiger partial charge in [-0.05, 0) is 54.3 Å². The van der Waals surface area contributed by atoms with Gasteiger partial charge in [0.15, 0.2) is 0 Å². The summed E-state index contributed by atoms with van der Waals surface area (Å²) < 4.78 is 3.13. The van der Waals surface area contributed by atoms with Crippen LogP contribution in [0.1, 0.15) is 67.2 Å². The molecule has 0 amide bonds. The van der Waals surface area contributed by atoms with E-state index in [-0.39, 0.29) is 35.0 Å². The van der Waals surface area contributed by atoms with E-state index in [4.69, 9.17) is 11.6 Å². The maximum absolute atomic E-state index is 13.9. The Bertz CT molecular complexity index is 1600. The van der Waals surface area contributed by atoms with Crippen LogP contribution in [0.15, 0.2) is 76.4 Å². The molecule has 0 aliphatic rings. The van der Waals surface area contributed by atoms with Gasteiger partial charge in [0.25, 0.3) is 11.1 Å². The van der Waals surface area contributed by atoms with Crippen molar-refractivity contribution in [2.45, 2.75) is 52.0 Å². The van der Waals surface area contributed by atoms with E-state index in [0.29, 0.717) is 34.9 Å². The van der Waals surface area contributed by atoms with Crippen LogP contribution >= 0.6 is 11.6 Å². The van der Waals surface area contributed by atoms with Gasteiger partial charge < -0.3 is 5.11 Å². The number of nitrogens with zero attached hydrogens (tertiary/aromatic N) is 4. The van der Waals surface area contributed by atoms with E-state index in [1.165, 1.54) is 10.6 Å². The van der Waals surface area contributed by atoms with E-state index in [2.05, 4.69) is 18.0 Å². The number of aromatic nitrogens is 3. The molecule has 38 heavy (non-hydrogen) atoms. The zero-order valence-electron chi connectivity index (χ0n) is 21.4. The topological polar surface area (TPSA) is 101 Å². The fourth-order valence-corrected chi connectivity index (χ4v) is 4.77. The molecule has 8 heteroatoms. The van der Waals surface area contributed by atoms with Crippen LogP contribution in [0.4, 0.5) is 0 Å². The largest absolute Gasteiger partial charge is 0.493 e. The summed E-state index contributed by atoms with van der Waals surface area (Å²) >= 11 is 6.05. The summed E-state index contributed by atoms with van der Waals surface area (Å²) in [6.45, 7) is 4.05. The molecule has 0 aliphatic carbocycles. The van der Waals surface area contributed by atoms with Gasteiger partial charge in [-0.1, -0.05) is 56.1 Å². The first-order valence-corrected chi connectivity index (χ1v) is 13.0. The van der Waals surface area contributed by atoms with Crippen LogP contribution in [0.2, 0.25) is 5.02 Å².